The Balaban J connectivity index is 2.37. The third-order valence-electron chi connectivity index (χ3n) is 6.47. The molecule has 0 fully saturated rings. The van der Waals surface area contributed by atoms with Gasteiger partial charge < -0.3 is 15.7 Å². The molecule has 0 saturated carbocycles. The number of carbonyl (C=O) groups excluding carboxylic acids is 2. The van der Waals surface area contributed by atoms with Crippen molar-refractivity contribution in [1.82, 2.24) is 5.32 Å². The Morgan fingerprint density at radius 1 is 0.955 bits per heavy atom. The molecule has 0 aromatic heterocycles. The molecule has 2 aromatic carbocycles. The van der Waals surface area contributed by atoms with Crippen LogP contribution in [0.3, 0.4) is 0 Å². The highest BCUT2D eigenvalue weighted by molar-refractivity contribution is 14.1. The average molecular weight is 768 g/mol. The average Bonchev–Trinajstić information content (AvgIpc) is 2.85. The second-order valence-electron chi connectivity index (χ2n) is 10.6. The molecule has 0 bridgehead atoms. The third-order valence-corrected chi connectivity index (χ3v) is 9.44. The summed E-state index contributed by atoms with van der Waals surface area (Å²) in [5.74, 6) is -5.64. The maximum absolute atomic E-state index is 14.5. The van der Waals surface area contributed by atoms with Crippen LogP contribution in [0.25, 0.3) is 0 Å². The van der Waals surface area contributed by atoms with Crippen LogP contribution < -0.4 is 10.6 Å². The number of rotatable bonds is 11. The van der Waals surface area contributed by atoms with Crippen LogP contribution >= 0.6 is 22.6 Å². The van der Waals surface area contributed by atoms with E-state index < -0.39 is 74.2 Å². The lowest BCUT2D eigenvalue weighted by molar-refractivity contribution is -0.348. The Hall–Kier alpha value is -2.96. The van der Waals surface area contributed by atoms with Gasteiger partial charge in [-0.15, -0.1) is 0 Å². The highest BCUT2D eigenvalue weighted by Gasteiger charge is 2.73. The summed E-state index contributed by atoms with van der Waals surface area (Å²) >= 11 is 1.73. The number of aliphatic carboxylic acids is 1. The molecule has 2 amide bonds. The maximum atomic E-state index is 14.5. The summed E-state index contributed by atoms with van der Waals surface area (Å²) in [7, 11) is -3.98. The number of benzene rings is 2. The first kappa shape index (κ1) is 37.2. The van der Waals surface area contributed by atoms with E-state index in [9.17, 15) is 58.6 Å². The zero-order valence-electron chi connectivity index (χ0n) is 23.6. The molecular formula is C27H28F7IN2O6S. The molecule has 8 nitrogen and oxygen atoms in total. The lowest BCUT2D eigenvalue weighted by Gasteiger charge is -2.30. The predicted octanol–water partition coefficient (Wildman–Crippen LogP) is 6.18. The van der Waals surface area contributed by atoms with E-state index in [0.29, 0.717) is 12.1 Å². The Labute approximate surface area is 261 Å². The fraction of sp³-hybridized carbons (Fsp3) is 0.444. The second kappa shape index (κ2) is 13.2. The molecule has 0 aliphatic heterocycles. The Kier molecular flexibility index (Phi) is 11.2. The van der Waals surface area contributed by atoms with E-state index in [-0.39, 0.29) is 38.4 Å². The van der Waals surface area contributed by atoms with E-state index in [4.69, 9.17) is 0 Å². The Morgan fingerprint density at radius 3 is 2.00 bits per heavy atom. The molecule has 0 radical (unpaired) electrons. The molecule has 1 unspecified atom stereocenters. The molecule has 0 saturated heterocycles. The van der Waals surface area contributed by atoms with Crippen LogP contribution in [0.4, 0.5) is 36.4 Å². The van der Waals surface area contributed by atoms with Crippen molar-refractivity contribution >= 4 is 55.9 Å². The van der Waals surface area contributed by atoms with Gasteiger partial charge in [0.15, 0.2) is 9.84 Å². The Bertz CT molecular complexity index is 1530. The molecule has 3 N–H and O–H groups in total. The molecule has 244 valence electrons. The second-order valence-corrected chi connectivity index (χ2v) is 13.9. The van der Waals surface area contributed by atoms with Gasteiger partial charge in [-0.25, -0.2) is 12.8 Å². The number of sulfone groups is 1. The number of hydrogen-bond donors (Lipinski definition) is 3. The van der Waals surface area contributed by atoms with Gasteiger partial charge in [-0.2, -0.15) is 26.3 Å². The normalized spacial score (nSPS) is 13.7. The van der Waals surface area contributed by atoms with Gasteiger partial charge in [0.05, 0.1) is 28.6 Å². The van der Waals surface area contributed by atoms with Crippen molar-refractivity contribution in [3.05, 3.63) is 62.2 Å². The quantitative estimate of drug-likeness (QED) is 0.185. The topological polar surface area (TPSA) is 130 Å². The van der Waals surface area contributed by atoms with E-state index in [1.54, 1.807) is 22.6 Å². The number of hydrogen-bond acceptors (Lipinski definition) is 5. The number of alkyl halides is 7. The highest BCUT2D eigenvalue weighted by Crippen LogP contribution is 2.53. The van der Waals surface area contributed by atoms with Gasteiger partial charge in [0.1, 0.15) is 0 Å². The molecule has 0 aliphatic carbocycles. The smallest absolute Gasteiger partial charge is 0.435 e. The zero-order valence-corrected chi connectivity index (χ0v) is 26.6. The van der Waals surface area contributed by atoms with Crippen molar-refractivity contribution in [3.8, 4) is 0 Å². The van der Waals surface area contributed by atoms with Crippen LogP contribution in [0.15, 0.2) is 36.4 Å². The summed E-state index contributed by atoms with van der Waals surface area (Å²) in [6.45, 7) is 5.31. The van der Waals surface area contributed by atoms with E-state index in [0.717, 1.165) is 6.92 Å². The van der Waals surface area contributed by atoms with Crippen LogP contribution in [-0.4, -0.2) is 60.7 Å². The number of carboxylic acid groups (broad SMARTS) is 1. The fourth-order valence-electron chi connectivity index (χ4n) is 4.32. The number of amides is 2. The van der Waals surface area contributed by atoms with Crippen molar-refractivity contribution in [3.63, 3.8) is 0 Å². The maximum Gasteiger partial charge on any atom is 0.435 e. The van der Waals surface area contributed by atoms with Gasteiger partial charge in [0.25, 0.3) is 11.8 Å². The largest absolute Gasteiger partial charge is 0.481 e. The van der Waals surface area contributed by atoms with Crippen molar-refractivity contribution < 1.29 is 58.6 Å². The van der Waals surface area contributed by atoms with Crippen LogP contribution in [0.2, 0.25) is 0 Å². The summed E-state index contributed by atoms with van der Waals surface area (Å²) in [4.78, 5) is 37.8. The van der Waals surface area contributed by atoms with E-state index in [2.05, 4.69) is 10.6 Å². The third kappa shape index (κ3) is 8.39. The molecule has 17 heteroatoms. The number of anilines is 1. The van der Waals surface area contributed by atoms with Crippen molar-refractivity contribution in [2.75, 3.05) is 16.8 Å². The summed E-state index contributed by atoms with van der Waals surface area (Å²) < 4.78 is 119. The summed E-state index contributed by atoms with van der Waals surface area (Å²) in [6, 6.07) is 5.25. The minimum absolute atomic E-state index is 0.0591. The lowest BCUT2D eigenvalue weighted by atomic mass is 9.92. The summed E-state index contributed by atoms with van der Waals surface area (Å²) in [6.07, 6.45) is -12.6. The monoisotopic (exact) mass is 768 g/mol. The lowest BCUT2D eigenvalue weighted by Crippen LogP contribution is -2.50. The van der Waals surface area contributed by atoms with E-state index >= 15 is 0 Å². The van der Waals surface area contributed by atoms with Gasteiger partial charge >= 0.3 is 24.0 Å². The Morgan fingerprint density at radius 2 is 1.52 bits per heavy atom. The van der Waals surface area contributed by atoms with Crippen molar-refractivity contribution in [2.45, 2.75) is 57.7 Å². The van der Waals surface area contributed by atoms with Crippen molar-refractivity contribution in [1.29, 1.82) is 0 Å². The minimum Gasteiger partial charge on any atom is -0.481 e. The van der Waals surface area contributed by atoms with Crippen molar-refractivity contribution in [2.24, 2.45) is 5.92 Å². The first-order chi connectivity index (χ1) is 19.9. The molecule has 0 spiro atoms. The molecular weight excluding hydrogens is 740 g/mol. The van der Waals surface area contributed by atoms with E-state index in [1.807, 2.05) is 0 Å². The fourth-order valence-corrected chi connectivity index (χ4v) is 7.35. The van der Waals surface area contributed by atoms with Gasteiger partial charge in [-0.3, -0.25) is 14.4 Å². The number of halogens is 8. The number of carboxylic acids is 1. The zero-order chi connectivity index (χ0) is 34.1. The first-order valence-electron chi connectivity index (χ1n) is 12.7. The summed E-state index contributed by atoms with van der Waals surface area (Å²) in [5.41, 5.74) is -9.97. The van der Waals surface area contributed by atoms with Gasteiger partial charge in [-0.05, 0) is 73.5 Å². The van der Waals surface area contributed by atoms with E-state index in [1.165, 1.54) is 39.0 Å². The molecule has 2 aromatic rings. The van der Waals surface area contributed by atoms with Crippen LogP contribution in [0, 0.1) is 16.4 Å². The van der Waals surface area contributed by atoms with Crippen LogP contribution in [0.1, 0.15) is 59.0 Å². The number of nitrogens with one attached hydrogen (secondary N) is 2. The summed E-state index contributed by atoms with van der Waals surface area (Å²) in [5, 5.41) is 14.0. The molecule has 2 rings (SSSR count). The van der Waals surface area contributed by atoms with Gasteiger partial charge in [0.2, 0.25) is 0 Å². The molecule has 44 heavy (non-hydrogen) atoms. The molecule has 0 heterocycles. The van der Waals surface area contributed by atoms with Gasteiger partial charge in [0, 0.05) is 20.4 Å². The van der Waals surface area contributed by atoms with Crippen LogP contribution in [0.5, 0.6) is 0 Å². The first-order valence-corrected chi connectivity index (χ1v) is 15.6. The minimum atomic E-state index is -6.33. The SMILES string of the molecule is CCC(CS(=O)(=O)CC(C)(C)NC(=O)c1c(I)cccc1C(=O)Nc1ccc(C(F)(C(F)(F)F)C(F)(F)F)cc1C)C(=O)O. The van der Waals surface area contributed by atoms with Crippen LogP contribution in [-0.2, 0) is 20.3 Å². The number of carbonyl (C=O) groups is 3. The van der Waals surface area contributed by atoms with Gasteiger partial charge in [-0.1, -0.05) is 25.1 Å². The molecule has 1 atom stereocenters. The standard InChI is InChI=1S/C27H28F7IN2O6S/c1-5-15(23(40)41)12-44(42,43)13-24(3,4)37-22(39)20-17(7-6-8-18(20)35)21(38)36-19-10-9-16(11-14(19)2)25(28,26(29,30)31)27(32,33)34/h6-11,15H,5,12-13H2,1-4H3,(H,36,38)(H,37,39)(H,40,41). The molecule has 0 aliphatic rings. The number of aryl methyl sites for hydroxylation is 1. The highest BCUT2D eigenvalue weighted by atomic mass is 127. The predicted molar refractivity (Wildman–Crippen MR) is 155 cm³/mol.